The van der Waals surface area contributed by atoms with Crippen molar-refractivity contribution in [1.29, 1.82) is 5.26 Å². The number of fused-ring (bicyclic) bond motifs is 1. The van der Waals surface area contributed by atoms with Gasteiger partial charge in [0, 0.05) is 29.3 Å². The van der Waals surface area contributed by atoms with Gasteiger partial charge in [0.15, 0.2) is 5.75 Å². The molecule has 5 rings (SSSR count). The van der Waals surface area contributed by atoms with Crippen LogP contribution in [0.15, 0.2) is 60.8 Å². The highest BCUT2D eigenvalue weighted by atomic mass is 16.5. The Morgan fingerprint density at radius 3 is 2.76 bits per heavy atom. The molecule has 2 atom stereocenters. The van der Waals surface area contributed by atoms with Gasteiger partial charge in [0.2, 0.25) is 5.88 Å². The third-order valence-electron chi connectivity index (χ3n) is 5.76. The van der Waals surface area contributed by atoms with Gasteiger partial charge in [-0.1, -0.05) is 30.3 Å². The zero-order chi connectivity index (χ0) is 22.9. The molecule has 164 valence electrons. The lowest BCUT2D eigenvalue weighted by atomic mass is 9.91. The Balaban J connectivity index is 1.58. The molecular weight excluding hydrogens is 416 g/mol. The van der Waals surface area contributed by atoms with Crippen LogP contribution in [-0.4, -0.2) is 30.9 Å². The standard InChI is InChI=1S/C25H22N6O2/c1-15-29-20(17-5-3-2-4-6-17)12-24(30-15)33-23-11-16(13-26)7-9-22(23)31-21-10-8-19(27)25(32)18(21)14-28-31/h2-7,9,11-12,14,19,25,32H,8,10,27H2,1H3. The van der Waals surface area contributed by atoms with Gasteiger partial charge in [-0.15, -0.1) is 0 Å². The van der Waals surface area contributed by atoms with E-state index in [4.69, 9.17) is 10.5 Å². The van der Waals surface area contributed by atoms with Crippen LogP contribution in [-0.2, 0) is 6.42 Å². The minimum Gasteiger partial charge on any atom is -0.437 e. The maximum absolute atomic E-state index is 10.5. The Morgan fingerprint density at radius 1 is 1.15 bits per heavy atom. The highest BCUT2D eigenvalue weighted by Gasteiger charge is 2.29. The first-order chi connectivity index (χ1) is 16.0. The van der Waals surface area contributed by atoms with Crippen molar-refractivity contribution in [3.05, 3.63) is 83.4 Å². The van der Waals surface area contributed by atoms with Crippen LogP contribution >= 0.6 is 0 Å². The van der Waals surface area contributed by atoms with Crippen LogP contribution < -0.4 is 10.5 Å². The molecule has 0 fully saturated rings. The summed E-state index contributed by atoms with van der Waals surface area (Å²) in [4.78, 5) is 8.96. The van der Waals surface area contributed by atoms with Crippen LogP contribution in [0.4, 0.5) is 0 Å². The maximum Gasteiger partial charge on any atom is 0.223 e. The smallest absolute Gasteiger partial charge is 0.223 e. The molecule has 8 heteroatoms. The molecule has 0 spiro atoms. The van der Waals surface area contributed by atoms with Gasteiger partial charge in [0.25, 0.3) is 0 Å². The molecule has 0 amide bonds. The van der Waals surface area contributed by atoms with Gasteiger partial charge in [0.1, 0.15) is 11.5 Å². The first kappa shape index (κ1) is 20.8. The van der Waals surface area contributed by atoms with Gasteiger partial charge in [-0.25, -0.2) is 9.67 Å². The minimum atomic E-state index is -0.761. The van der Waals surface area contributed by atoms with Crippen molar-refractivity contribution in [2.75, 3.05) is 0 Å². The van der Waals surface area contributed by atoms with Crippen molar-refractivity contribution in [2.24, 2.45) is 5.73 Å². The summed E-state index contributed by atoms with van der Waals surface area (Å²) >= 11 is 0. The van der Waals surface area contributed by atoms with E-state index in [0.717, 1.165) is 17.0 Å². The molecule has 0 bridgehead atoms. The molecule has 3 N–H and O–H groups in total. The maximum atomic E-state index is 10.5. The summed E-state index contributed by atoms with van der Waals surface area (Å²) in [6.45, 7) is 1.81. The van der Waals surface area contributed by atoms with Gasteiger partial charge >= 0.3 is 0 Å². The number of ether oxygens (including phenoxy) is 1. The van der Waals surface area contributed by atoms with Gasteiger partial charge < -0.3 is 15.6 Å². The van der Waals surface area contributed by atoms with Crippen molar-refractivity contribution in [3.8, 4) is 34.6 Å². The molecule has 0 radical (unpaired) electrons. The zero-order valence-corrected chi connectivity index (χ0v) is 18.0. The van der Waals surface area contributed by atoms with Crippen LogP contribution in [0, 0.1) is 18.3 Å². The zero-order valence-electron chi connectivity index (χ0n) is 18.0. The SMILES string of the molecule is Cc1nc(Oc2cc(C#N)ccc2-n2ncc3c2CCC(N)C3O)cc(-c2ccccc2)n1. The molecule has 2 aromatic heterocycles. The largest absolute Gasteiger partial charge is 0.437 e. The Bertz CT molecular complexity index is 1360. The minimum absolute atomic E-state index is 0.313. The van der Waals surface area contributed by atoms with Gasteiger partial charge in [-0.05, 0) is 31.9 Å². The number of benzene rings is 2. The molecule has 2 heterocycles. The Labute approximate surface area is 190 Å². The van der Waals surface area contributed by atoms with E-state index < -0.39 is 6.10 Å². The fraction of sp³-hybridized carbons (Fsp3) is 0.200. The van der Waals surface area contributed by atoms with E-state index in [2.05, 4.69) is 21.1 Å². The van der Waals surface area contributed by atoms with E-state index in [0.29, 0.717) is 47.1 Å². The molecule has 4 aromatic rings. The number of aromatic nitrogens is 4. The summed E-state index contributed by atoms with van der Waals surface area (Å²) in [5, 5.41) is 24.4. The Morgan fingerprint density at radius 2 is 1.97 bits per heavy atom. The summed E-state index contributed by atoms with van der Waals surface area (Å²) in [6, 6.07) is 18.6. The molecule has 2 aromatic carbocycles. The number of rotatable bonds is 4. The first-order valence-electron chi connectivity index (χ1n) is 10.7. The number of nitriles is 1. The molecular formula is C25H22N6O2. The van der Waals surface area contributed by atoms with Gasteiger partial charge in [-0.2, -0.15) is 15.3 Å². The molecule has 0 aliphatic heterocycles. The average molecular weight is 438 g/mol. The van der Waals surface area contributed by atoms with Crippen molar-refractivity contribution in [1.82, 2.24) is 19.7 Å². The quantitative estimate of drug-likeness (QED) is 0.499. The number of nitrogens with two attached hydrogens (primary N) is 1. The molecule has 1 aliphatic rings. The normalized spacial score (nSPS) is 17.3. The summed E-state index contributed by atoms with van der Waals surface area (Å²) in [6.07, 6.45) is 2.21. The number of hydrogen-bond donors (Lipinski definition) is 2. The number of hydrogen-bond acceptors (Lipinski definition) is 7. The van der Waals surface area contributed by atoms with E-state index in [9.17, 15) is 10.4 Å². The van der Waals surface area contributed by atoms with E-state index in [1.165, 1.54) is 0 Å². The van der Waals surface area contributed by atoms with E-state index >= 15 is 0 Å². The van der Waals surface area contributed by atoms with Crippen molar-refractivity contribution < 1.29 is 9.84 Å². The second-order valence-corrected chi connectivity index (χ2v) is 8.01. The molecule has 0 saturated carbocycles. The lowest BCUT2D eigenvalue weighted by Gasteiger charge is -2.25. The predicted octanol–water partition coefficient (Wildman–Crippen LogP) is 3.61. The number of aliphatic hydroxyl groups excluding tert-OH is 1. The van der Waals surface area contributed by atoms with Crippen LogP contribution in [0.5, 0.6) is 11.6 Å². The monoisotopic (exact) mass is 438 g/mol. The molecule has 8 nitrogen and oxygen atoms in total. The van der Waals surface area contributed by atoms with Crippen molar-refractivity contribution in [2.45, 2.75) is 31.9 Å². The number of aryl methyl sites for hydroxylation is 1. The first-order valence-corrected chi connectivity index (χ1v) is 10.7. The fourth-order valence-corrected chi connectivity index (χ4v) is 4.09. The third kappa shape index (κ3) is 3.96. The van der Waals surface area contributed by atoms with Gasteiger partial charge in [-0.3, -0.25) is 0 Å². The molecule has 1 aliphatic carbocycles. The predicted molar refractivity (Wildman–Crippen MR) is 122 cm³/mol. The fourth-order valence-electron chi connectivity index (χ4n) is 4.09. The van der Waals surface area contributed by atoms with Crippen LogP contribution in [0.3, 0.4) is 0 Å². The highest BCUT2D eigenvalue weighted by molar-refractivity contribution is 5.60. The second kappa shape index (κ2) is 8.47. The Hall–Kier alpha value is -4.06. The summed E-state index contributed by atoms with van der Waals surface area (Å²) in [5.74, 6) is 1.36. The van der Waals surface area contributed by atoms with E-state index in [-0.39, 0.29) is 6.04 Å². The lowest BCUT2D eigenvalue weighted by Crippen LogP contribution is -2.33. The summed E-state index contributed by atoms with van der Waals surface area (Å²) < 4.78 is 7.95. The van der Waals surface area contributed by atoms with Crippen molar-refractivity contribution >= 4 is 0 Å². The van der Waals surface area contributed by atoms with E-state index in [1.54, 1.807) is 42.1 Å². The second-order valence-electron chi connectivity index (χ2n) is 8.01. The van der Waals surface area contributed by atoms with E-state index in [1.807, 2.05) is 30.3 Å². The lowest BCUT2D eigenvalue weighted by molar-refractivity contribution is 0.133. The third-order valence-corrected chi connectivity index (χ3v) is 5.76. The Kier molecular flexibility index (Phi) is 5.34. The average Bonchev–Trinajstić information content (AvgIpc) is 3.26. The van der Waals surface area contributed by atoms with Gasteiger partial charge in [0.05, 0.1) is 35.3 Å². The van der Waals surface area contributed by atoms with Crippen LogP contribution in [0.2, 0.25) is 0 Å². The van der Waals surface area contributed by atoms with Crippen molar-refractivity contribution in [3.63, 3.8) is 0 Å². The molecule has 0 saturated heterocycles. The highest BCUT2D eigenvalue weighted by Crippen LogP contribution is 2.35. The summed E-state index contributed by atoms with van der Waals surface area (Å²) in [5.41, 5.74) is 10.4. The van der Waals surface area contributed by atoms with Crippen LogP contribution in [0.25, 0.3) is 16.9 Å². The topological polar surface area (TPSA) is 123 Å². The molecule has 33 heavy (non-hydrogen) atoms. The van der Waals surface area contributed by atoms with Crippen LogP contribution in [0.1, 0.15) is 35.2 Å². The number of nitrogens with zero attached hydrogens (tertiary/aromatic N) is 5. The summed E-state index contributed by atoms with van der Waals surface area (Å²) in [7, 11) is 0. The number of aliphatic hydroxyl groups is 1. The molecule has 2 unspecified atom stereocenters.